The Morgan fingerprint density at radius 2 is 1.14 bits per heavy atom. The molecule has 1 aliphatic rings. The fourth-order valence-electron chi connectivity index (χ4n) is 5.19. The predicted octanol–water partition coefficient (Wildman–Crippen LogP) is 0.977. The highest BCUT2D eigenvalue weighted by atomic mass is 16.5. The highest BCUT2D eigenvalue weighted by Crippen LogP contribution is 2.42. The van der Waals surface area contributed by atoms with Gasteiger partial charge in [0.15, 0.2) is 11.5 Å². The molecule has 198 valence electrons. The minimum absolute atomic E-state index is 0.333. The molecule has 8 heteroatoms. The van der Waals surface area contributed by atoms with Gasteiger partial charge in [0.05, 0.1) is 14.2 Å². The van der Waals surface area contributed by atoms with E-state index in [4.69, 9.17) is 9.47 Å². The van der Waals surface area contributed by atoms with Crippen LogP contribution in [0.4, 0.5) is 0 Å². The molecule has 3 aromatic carbocycles. The maximum Gasteiger partial charge on any atom is 0.164 e. The number of methoxy groups -OCH3 is 2. The monoisotopic (exact) mass is 510 g/mol. The Hall–Kier alpha value is -2.98. The second-order valence-corrected chi connectivity index (χ2v) is 9.59. The van der Waals surface area contributed by atoms with E-state index in [0.717, 1.165) is 16.7 Å². The summed E-state index contributed by atoms with van der Waals surface area (Å²) in [5.41, 5.74) is 1.55. The summed E-state index contributed by atoms with van der Waals surface area (Å²) in [6.07, 6.45) is -8.83. The Bertz CT molecular complexity index is 1170. The molecule has 0 bridgehead atoms. The molecular weight excluding hydrogens is 476 g/mol. The van der Waals surface area contributed by atoms with E-state index in [1.165, 1.54) is 7.11 Å². The fraction of sp³-hybridized carbons (Fsp3) is 0.379. The fourth-order valence-corrected chi connectivity index (χ4v) is 5.19. The Kier molecular flexibility index (Phi) is 8.18. The Labute approximate surface area is 216 Å². The van der Waals surface area contributed by atoms with Gasteiger partial charge in [-0.25, -0.2) is 0 Å². The van der Waals surface area contributed by atoms with Gasteiger partial charge in [0.1, 0.15) is 36.1 Å². The van der Waals surface area contributed by atoms with Crippen LogP contribution in [0.5, 0.6) is 11.5 Å². The number of aliphatic hydroxyl groups is 6. The highest BCUT2D eigenvalue weighted by molar-refractivity contribution is 5.58. The molecular formula is C29H34O8. The van der Waals surface area contributed by atoms with Gasteiger partial charge in [-0.1, -0.05) is 66.7 Å². The molecule has 3 aromatic rings. The van der Waals surface area contributed by atoms with Crippen molar-refractivity contribution < 1.29 is 40.1 Å². The number of hydrogen-bond acceptors (Lipinski definition) is 8. The Balaban J connectivity index is 1.87. The van der Waals surface area contributed by atoms with Crippen molar-refractivity contribution in [3.63, 3.8) is 0 Å². The molecule has 0 aromatic heterocycles. The lowest BCUT2D eigenvalue weighted by Crippen LogP contribution is -2.71. The van der Waals surface area contributed by atoms with E-state index in [9.17, 15) is 30.6 Å². The van der Waals surface area contributed by atoms with Gasteiger partial charge >= 0.3 is 0 Å². The first kappa shape index (κ1) is 27.1. The second kappa shape index (κ2) is 11.2. The van der Waals surface area contributed by atoms with Gasteiger partial charge in [-0.2, -0.15) is 0 Å². The first-order valence-electron chi connectivity index (χ1n) is 12.2. The molecule has 1 aliphatic carbocycles. The smallest absolute Gasteiger partial charge is 0.164 e. The quantitative estimate of drug-likeness (QED) is 0.264. The van der Waals surface area contributed by atoms with Gasteiger partial charge in [-0.05, 0) is 16.7 Å². The van der Waals surface area contributed by atoms with Crippen LogP contribution in [-0.2, 0) is 19.3 Å². The van der Waals surface area contributed by atoms with Crippen molar-refractivity contribution in [3.05, 3.63) is 94.5 Å². The third-order valence-electron chi connectivity index (χ3n) is 7.22. The molecule has 1 saturated carbocycles. The van der Waals surface area contributed by atoms with Crippen LogP contribution in [0.25, 0.3) is 0 Å². The zero-order chi connectivity index (χ0) is 26.7. The normalized spacial score (nSPS) is 27.6. The van der Waals surface area contributed by atoms with Crippen molar-refractivity contribution in [2.75, 3.05) is 14.2 Å². The summed E-state index contributed by atoms with van der Waals surface area (Å²) in [5, 5.41) is 63.6. The van der Waals surface area contributed by atoms with Crippen molar-refractivity contribution in [1.82, 2.24) is 0 Å². The van der Waals surface area contributed by atoms with Gasteiger partial charge < -0.3 is 40.1 Å². The van der Waals surface area contributed by atoms with E-state index in [1.54, 1.807) is 7.11 Å². The molecule has 0 radical (unpaired) electrons. The SMILES string of the molecule is COc1c(Cc2ccccc2)cc(CC2(O)[C@H](O)[C@H](O)C(O)[C@H](O)[C@H]2O)c(Cc2ccccc2)c1OC. The highest BCUT2D eigenvalue weighted by Gasteiger charge is 2.57. The maximum absolute atomic E-state index is 11.5. The Morgan fingerprint density at radius 3 is 1.62 bits per heavy atom. The molecule has 6 atom stereocenters. The third kappa shape index (κ3) is 5.22. The van der Waals surface area contributed by atoms with E-state index < -0.39 is 36.1 Å². The lowest BCUT2D eigenvalue weighted by molar-refractivity contribution is -0.267. The Morgan fingerprint density at radius 1 is 0.649 bits per heavy atom. The summed E-state index contributed by atoms with van der Waals surface area (Å²) >= 11 is 0. The molecule has 0 heterocycles. The summed E-state index contributed by atoms with van der Waals surface area (Å²) in [5.74, 6) is 0.965. The summed E-state index contributed by atoms with van der Waals surface area (Å²) in [7, 11) is 3.07. The predicted molar refractivity (Wildman–Crippen MR) is 137 cm³/mol. The molecule has 37 heavy (non-hydrogen) atoms. The second-order valence-electron chi connectivity index (χ2n) is 9.59. The summed E-state index contributed by atoms with van der Waals surface area (Å²) in [4.78, 5) is 0. The molecule has 0 saturated heterocycles. The minimum atomic E-state index is -2.35. The first-order chi connectivity index (χ1) is 17.7. The van der Waals surface area contributed by atoms with Gasteiger partial charge in [0.2, 0.25) is 0 Å². The number of benzene rings is 3. The van der Waals surface area contributed by atoms with Crippen LogP contribution >= 0.6 is 0 Å². The van der Waals surface area contributed by atoms with E-state index in [1.807, 2.05) is 66.7 Å². The lowest BCUT2D eigenvalue weighted by Gasteiger charge is -2.48. The average molecular weight is 511 g/mol. The summed E-state index contributed by atoms with van der Waals surface area (Å²) in [6.45, 7) is 0. The first-order valence-corrected chi connectivity index (χ1v) is 12.2. The zero-order valence-corrected chi connectivity index (χ0v) is 20.9. The van der Waals surface area contributed by atoms with Crippen molar-refractivity contribution in [3.8, 4) is 11.5 Å². The van der Waals surface area contributed by atoms with Crippen LogP contribution in [0.3, 0.4) is 0 Å². The van der Waals surface area contributed by atoms with Crippen LogP contribution < -0.4 is 9.47 Å². The van der Waals surface area contributed by atoms with Gasteiger partial charge in [-0.3, -0.25) is 0 Å². The van der Waals surface area contributed by atoms with Gasteiger partial charge in [0.25, 0.3) is 0 Å². The van der Waals surface area contributed by atoms with Crippen molar-refractivity contribution in [2.45, 2.75) is 55.4 Å². The van der Waals surface area contributed by atoms with Crippen LogP contribution in [0, 0.1) is 0 Å². The van der Waals surface area contributed by atoms with E-state index >= 15 is 0 Å². The minimum Gasteiger partial charge on any atom is -0.493 e. The van der Waals surface area contributed by atoms with Crippen LogP contribution in [0.2, 0.25) is 0 Å². The number of aliphatic hydroxyl groups excluding tert-OH is 5. The molecule has 1 fully saturated rings. The van der Waals surface area contributed by atoms with Crippen LogP contribution in [-0.4, -0.2) is 81.0 Å². The standard InChI is InChI=1S/C29H34O8/c1-36-25-19(13-17-9-5-3-6-10-17)15-20(21(26(25)37-2)14-18-11-7-4-8-12-18)16-29(35)27(33)23(31)22(30)24(32)28(29)34/h3-12,15,22-24,27-28,30-35H,13-14,16H2,1-2H3/t22?,23-,24+,27-,28-,29?/m1/s1. The number of hydrogen-bond donors (Lipinski definition) is 6. The van der Waals surface area contributed by atoms with Gasteiger partial charge in [0, 0.05) is 30.4 Å². The molecule has 0 spiro atoms. The summed E-state index contributed by atoms with van der Waals surface area (Å²) in [6, 6.07) is 21.1. The van der Waals surface area contributed by atoms with E-state index in [0.29, 0.717) is 35.5 Å². The summed E-state index contributed by atoms with van der Waals surface area (Å²) < 4.78 is 11.6. The molecule has 6 N–H and O–H groups in total. The molecule has 0 aliphatic heterocycles. The van der Waals surface area contributed by atoms with Crippen LogP contribution in [0.15, 0.2) is 66.7 Å². The number of rotatable bonds is 8. The van der Waals surface area contributed by atoms with E-state index in [2.05, 4.69) is 0 Å². The lowest BCUT2D eigenvalue weighted by atomic mass is 9.71. The molecule has 8 nitrogen and oxygen atoms in total. The average Bonchev–Trinajstić information content (AvgIpc) is 2.92. The van der Waals surface area contributed by atoms with Crippen molar-refractivity contribution in [2.24, 2.45) is 0 Å². The van der Waals surface area contributed by atoms with Gasteiger partial charge in [-0.15, -0.1) is 0 Å². The number of ether oxygens (including phenoxy) is 2. The third-order valence-corrected chi connectivity index (χ3v) is 7.22. The van der Waals surface area contributed by atoms with Crippen LogP contribution in [0.1, 0.15) is 27.8 Å². The van der Waals surface area contributed by atoms with Crippen molar-refractivity contribution >= 4 is 0 Å². The maximum atomic E-state index is 11.5. The molecule has 0 amide bonds. The van der Waals surface area contributed by atoms with Crippen molar-refractivity contribution in [1.29, 1.82) is 0 Å². The zero-order valence-electron chi connectivity index (χ0n) is 20.9. The molecule has 2 unspecified atom stereocenters. The van der Waals surface area contributed by atoms with E-state index in [-0.39, 0.29) is 6.42 Å². The molecule has 4 rings (SSSR count). The largest absolute Gasteiger partial charge is 0.493 e. The topological polar surface area (TPSA) is 140 Å².